The van der Waals surface area contributed by atoms with E-state index in [9.17, 15) is 13.2 Å². The molecule has 0 aromatic heterocycles. The maximum atomic E-state index is 12.1. The van der Waals surface area contributed by atoms with Crippen molar-refractivity contribution in [3.63, 3.8) is 0 Å². The molecular formula is C16H19F3O3. The third kappa shape index (κ3) is 3.93. The highest BCUT2D eigenvalue weighted by atomic mass is 19.4. The quantitative estimate of drug-likeness (QED) is 0.841. The fourth-order valence-electron chi connectivity index (χ4n) is 3.27. The van der Waals surface area contributed by atoms with Gasteiger partial charge in [-0.1, -0.05) is 12.1 Å². The Hall–Kier alpha value is -1.27. The highest BCUT2D eigenvalue weighted by molar-refractivity contribution is 5.27. The van der Waals surface area contributed by atoms with Crippen molar-refractivity contribution in [2.24, 2.45) is 5.92 Å². The minimum atomic E-state index is -4.64. The predicted octanol–water partition coefficient (Wildman–Crippen LogP) is 4.06. The number of benzene rings is 1. The summed E-state index contributed by atoms with van der Waals surface area (Å²) in [5.41, 5.74) is 1.03. The predicted molar refractivity (Wildman–Crippen MR) is 73.4 cm³/mol. The van der Waals surface area contributed by atoms with Gasteiger partial charge in [-0.3, -0.25) is 0 Å². The molecule has 3 nitrogen and oxygen atoms in total. The molecule has 0 atom stereocenters. The summed E-state index contributed by atoms with van der Waals surface area (Å²) < 4.78 is 51.6. The molecule has 0 radical (unpaired) electrons. The van der Waals surface area contributed by atoms with E-state index >= 15 is 0 Å². The van der Waals surface area contributed by atoms with Crippen molar-refractivity contribution in [3.8, 4) is 5.75 Å². The Bertz CT molecular complexity index is 482. The van der Waals surface area contributed by atoms with Crippen molar-refractivity contribution in [3.05, 3.63) is 29.8 Å². The first-order valence-corrected chi connectivity index (χ1v) is 7.57. The first-order valence-electron chi connectivity index (χ1n) is 7.57. The van der Waals surface area contributed by atoms with Crippen LogP contribution in [0.15, 0.2) is 24.3 Å². The molecule has 1 saturated carbocycles. The van der Waals surface area contributed by atoms with E-state index in [1.165, 1.54) is 12.1 Å². The van der Waals surface area contributed by atoms with Gasteiger partial charge >= 0.3 is 6.36 Å². The van der Waals surface area contributed by atoms with E-state index in [4.69, 9.17) is 9.47 Å². The Morgan fingerprint density at radius 1 is 1.05 bits per heavy atom. The Kier molecular flexibility index (Phi) is 4.32. The van der Waals surface area contributed by atoms with Crippen LogP contribution in [0.1, 0.15) is 31.2 Å². The van der Waals surface area contributed by atoms with Gasteiger partial charge in [0.15, 0.2) is 5.79 Å². The van der Waals surface area contributed by atoms with E-state index in [2.05, 4.69) is 4.74 Å². The zero-order chi connectivity index (χ0) is 15.6. The van der Waals surface area contributed by atoms with Crippen LogP contribution in [-0.4, -0.2) is 25.4 Å². The summed E-state index contributed by atoms with van der Waals surface area (Å²) >= 11 is 0. The van der Waals surface area contributed by atoms with E-state index in [1.54, 1.807) is 12.1 Å². The molecule has 3 rings (SSSR count). The van der Waals surface area contributed by atoms with Gasteiger partial charge in [-0.25, -0.2) is 0 Å². The van der Waals surface area contributed by atoms with Gasteiger partial charge in [0.05, 0.1) is 13.2 Å². The van der Waals surface area contributed by atoms with Crippen LogP contribution in [0.5, 0.6) is 5.75 Å². The lowest BCUT2D eigenvalue weighted by Crippen LogP contribution is -2.35. The number of alkyl halides is 3. The zero-order valence-electron chi connectivity index (χ0n) is 12.2. The highest BCUT2D eigenvalue weighted by Gasteiger charge is 2.40. The van der Waals surface area contributed by atoms with Crippen LogP contribution in [0.2, 0.25) is 0 Å². The van der Waals surface area contributed by atoms with Crippen LogP contribution in [0.25, 0.3) is 0 Å². The maximum Gasteiger partial charge on any atom is 0.573 e. The first kappa shape index (κ1) is 15.6. The van der Waals surface area contributed by atoms with Gasteiger partial charge in [0.1, 0.15) is 5.75 Å². The first-order chi connectivity index (χ1) is 10.4. The average Bonchev–Trinajstić information content (AvgIpc) is 2.91. The minimum Gasteiger partial charge on any atom is -0.406 e. The molecule has 1 aliphatic carbocycles. The molecule has 1 heterocycles. The van der Waals surface area contributed by atoms with Gasteiger partial charge in [-0.15, -0.1) is 13.2 Å². The Balaban J connectivity index is 1.51. The van der Waals surface area contributed by atoms with Gasteiger partial charge in [0, 0.05) is 12.8 Å². The number of hydrogen-bond acceptors (Lipinski definition) is 3. The average molecular weight is 316 g/mol. The summed E-state index contributed by atoms with van der Waals surface area (Å²) in [5.74, 6) is -0.0135. The summed E-state index contributed by atoms with van der Waals surface area (Å²) in [4.78, 5) is 0. The smallest absolute Gasteiger partial charge is 0.406 e. The molecule has 1 aliphatic heterocycles. The van der Waals surface area contributed by atoms with Gasteiger partial charge in [0.25, 0.3) is 0 Å². The van der Waals surface area contributed by atoms with Crippen LogP contribution in [0.4, 0.5) is 13.2 Å². The third-order valence-electron chi connectivity index (χ3n) is 4.36. The zero-order valence-corrected chi connectivity index (χ0v) is 12.2. The van der Waals surface area contributed by atoms with Crippen LogP contribution in [0, 0.1) is 5.92 Å². The molecule has 1 spiro atoms. The Labute approximate surface area is 127 Å². The Morgan fingerprint density at radius 2 is 1.64 bits per heavy atom. The topological polar surface area (TPSA) is 27.7 Å². The summed E-state index contributed by atoms with van der Waals surface area (Å²) in [5, 5.41) is 0. The van der Waals surface area contributed by atoms with Crippen LogP contribution >= 0.6 is 0 Å². The van der Waals surface area contributed by atoms with Crippen LogP contribution in [-0.2, 0) is 15.9 Å². The lowest BCUT2D eigenvalue weighted by molar-refractivity contribution is -0.274. The minimum absolute atomic E-state index is 0.174. The van der Waals surface area contributed by atoms with Gasteiger partial charge in [-0.2, -0.15) is 0 Å². The molecule has 2 aliphatic rings. The lowest BCUT2D eigenvalue weighted by Gasteiger charge is -2.35. The third-order valence-corrected chi connectivity index (χ3v) is 4.36. The van der Waals surface area contributed by atoms with Crippen molar-refractivity contribution in [1.29, 1.82) is 0 Å². The van der Waals surface area contributed by atoms with Crippen molar-refractivity contribution >= 4 is 0 Å². The molecule has 1 aromatic rings. The highest BCUT2D eigenvalue weighted by Crippen LogP contribution is 2.39. The van der Waals surface area contributed by atoms with E-state index < -0.39 is 6.36 Å². The van der Waals surface area contributed by atoms with Gasteiger partial charge in [-0.05, 0) is 42.9 Å². The summed E-state index contributed by atoms with van der Waals surface area (Å²) in [6, 6.07) is 6.15. The van der Waals surface area contributed by atoms with Crippen molar-refractivity contribution in [2.45, 2.75) is 44.3 Å². The molecule has 1 aromatic carbocycles. The summed E-state index contributed by atoms with van der Waals surface area (Å²) in [6.45, 7) is 1.34. The maximum absolute atomic E-state index is 12.1. The summed E-state index contributed by atoms with van der Waals surface area (Å²) in [7, 11) is 0. The van der Waals surface area contributed by atoms with E-state index in [1.807, 2.05) is 0 Å². The molecule has 22 heavy (non-hydrogen) atoms. The standard InChI is InChI=1S/C16H19F3O3/c17-16(18,19)22-14-3-1-12(2-4-14)11-13-5-7-15(8-6-13)20-9-10-21-15/h1-4,13H,5-11H2. The lowest BCUT2D eigenvalue weighted by atomic mass is 9.81. The molecule has 6 heteroatoms. The van der Waals surface area contributed by atoms with Crippen LogP contribution in [0.3, 0.4) is 0 Å². The normalized spacial score (nSPS) is 22.1. The van der Waals surface area contributed by atoms with Crippen molar-refractivity contribution in [2.75, 3.05) is 13.2 Å². The molecule has 1 saturated heterocycles. The molecule has 122 valence electrons. The molecule has 2 fully saturated rings. The van der Waals surface area contributed by atoms with E-state index in [-0.39, 0.29) is 11.5 Å². The largest absolute Gasteiger partial charge is 0.573 e. The SMILES string of the molecule is FC(F)(F)Oc1ccc(CC2CCC3(CC2)OCCO3)cc1. The second-order valence-corrected chi connectivity index (χ2v) is 5.95. The Morgan fingerprint density at radius 3 is 2.18 bits per heavy atom. The number of hydrogen-bond donors (Lipinski definition) is 0. The fourth-order valence-corrected chi connectivity index (χ4v) is 3.27. The molecular weight excluding hydrogens is 297 g/mol. The van der Waals surface area contributed by atoms with E-state index in [0.29, 0.717) is 19.1 Å². The number of halogens is 3. The summed E-state index contributed by atoms with van der Waals surface area (Å²) in [6.07, 6.45) is 0.0460. The van der Waals surface area contributed by atoms with Gasteiger partial charge in [0.2, 0.25) is 0 Å². The van der Waals surface area contributed by atoms with Crippen LogP contribution < -0.4 is 4.74 Å². The monoisotopic (exact) mass is 316 g/mol. The van der Waals surface area contributed by atoms with E-state index in [0.717, 1.165) is 37.7 Å². The second kappa shape index (κ2) is 6.08. The number of rotatable bonds is 3. The molecule has 0 N–H and O–H groups in total. The molecule has 0 amide bonds. The second-order valence-electron chi connectivity index (χ2n) is 5.95. The van der Waals surface area contributed by atoms with Crippen molar-refractivity contribution < 1.29 is 27.4 Å². The van der Waals surface area contributed by atoms with Crippen molar-refractivity contribution in [1.82, 2.24) is 0 Å². The number of ether oxygens (including phenoxy) is 3. The fraction of sp³-hybridized carbons (Fsp3) is 0.625. The molecule has 0 bridgehead atoms. The molecule has 0 unspecified atom stereocenters. The van der Waals surface area contributed by atoms with Gasteiger partial charge < -0.3 is 14.2 Å².